The van der Waals surface area contributed by atoms with E-state index in [1.165, 1.54) is 0 Å². The Morgan fingerprint density at radius 2 is 2.04 bits per heavy atom. The summed E-state index contributed by atoms with van der Waals surface area (Å²) >= 11 is 6.23. The molecule has 2 fully saturated rings. The van der Waals surface area contributed by atoms with Crippen molar-refractivity contribution in [3.05, 3.63) is 34.3 Å². The second-order valence-electron chi connectivity index (χ2n) is 6.81. The maximum Gasteiger partial charge on any atom is 0.255 e. The van der Waals surface area contributed by atoms with Gasteiger partial charge in [0.1, 0.15) is 0 Å². The number of nitrogens with two attached hydrogens (primary N) is 1. The van der Waals surface area contributed by atoms with Gasteiger partial charge in [-0.15, -0.1) is 0 Å². The Kier molecular flexibility index (Phi) is 5.24. The van der Waals surface area contributed by atoms with Crippen LogP contribution in [0.1, 0.15) is 41.6 Å². The van der Waals surface area contributed by atoms with Gasteiger partial charge in [-0.3, -0.25) is 4.79 Å². The Bertz CT molecular complexity index is 570. The van der Waals surface area contributed by atoms with Crippen LogP contribution in [0.4, 0.5) is 0 Å². The standard InChI is InChI=1S/C18H25ClN2O2/c1-12-2-3-15(16(19)10-12)18(22)21-7-4-13(5-8-21)17-11-14(20)6-9-23-17/h2-3,10,13-14,17H,4-9,11,20H2,1H3. The fraction of sp³-hybridized carbons (Fsp3) is 0.611. The molecule has 4 nitrogen and oxygen atoms in total. The first kappa shape index (κ1) is 16.7. The predicted molar refractivity (Wildman–Crippen MR) is 91.8 cm³/mol. The summed E-state index contributed by atoms with van der Waals surface area (Å²) in [4.78, 5) is 14.6. The Morgan fingerprint density at radius 3 is 2.70 bits per heavy atom. The quantitative estimate of drug-likeness (QED) is 0.903. The summed E-state index contributed by atoms with van der Waals surface area (Å²) in [5.74, 6) is 0.550. The number of hydrogen-bond acceptors (Lipinski definition) is 3. The molecule has 0 spiro atoms. The molecular weight excluding hydrogens is 312 g/mol. The third-order valence-corrected chi connectivity index (χ3v) is 5.38. The number of ether oxygens (including phenoxy) is 1. The van der Waals surface area contributed by atoms with Crippen molar-refractivity contribution in [3.63, 3.8) is 0 Å². The number of nitrogens with zero attached hydrogens (tertiary/aromatic N) is 1. The van der Waals surface area contributed by atoms with Gasteiger partial charge >= 0.3 is 0 Å². The highest BCUT2D eigenvalue weighted by Gasteiger charge is 2.32. The molecule has 0 saturated carbocycles. The van der Waals surface area contributed by atoms with Crippen molar-refractivity contribution in [2.45, 2.75) is 44.8 Å². The SMILES string of the molecule is Cc1ccc(C(=O)N2CCC(C3CC(N)CCO3)CC2)c(Cl)c1. The highest BCUT2D eigenvalue weighted by molar-refractivity contribution is 6.33. The van der Waals surface area contributed by atoms with Gasteiger partial charge < -0.3 is 15.4 Å². The Morgan fingerprint density at radius 1 is 1.30 bits per heavy atom. The summed E-state index contributed by atoms with van der Waals surface area (Å²) in [5.41, 5.74) is 7.72. The van der Waals surface area contributed by atoms with Crippen molar-refractivity contribution >= 4 is 17.5 Å². The van der Waals surface area contributed by atoms with E-state index in [0.29, 0.717) is 16.5 Å². The number of halogens is 1. The van der Waals surface area contributed by atoms with Crippen molar-refractivity contribution in [1.82, 2.24) is 4.90 Å². The average Bonchev–Trinajstić information content (AvgIpc) is 2.54. The van der Waals surface area contributed by atoms with E-state index in [-0.39, 0.29) is 18.1 Å². The van der Waals surface area contributed by atoms with Crippen molar-refractivity contribution in [2.24, 2.45) is 11.7 Å². The summed E-state index contributed by atoms with van der Waals surface area (Å²) < 4.78 is 5.90. The molecule has 1 aromatic rings. The molecule has 2 aliphatic heterocycles. The van der Waals surface area contributed by atoms with Crippen LogP contribution in [0, 0.1) is 12.8 Å². The number of carbonyl (C=O) groups is 1. The summed E-state index contributed by atoms with van der Waals surface area (Å²) in [5, 5.41) is 0.540. The molecule has 126 valence electrons. The van der Waals surface area contributed by atoms with Gasteiger partial charge in [0, 0.05) is 25.7 Å². The van der Waals surface area contributed by atoms with E-state index < -0.39 is 0 Å². The first-order valence-corrected chi connectivity index (χ1v) is 8.85. The number of aryl methyl sites for hydroxylation is 1. The van der Waals surface area contributed by atoms with Crippen LogP contribution in [0.3, 0.4) is 0 Å². The zero-order chi connectivity index (χ0) is 16.4. The third kappa shape index (κ3) is 3.87. The normalized spacial score (nSPS) is 26.3. The molecule has 2 heterocycles. The van der Waals surface area contributed by atoms with Crippen molar-refractivity contribution in [1.29, 1.82) is 0 Å². The van der Waals surface area contributed by atoms with Gasteiger partial charge in [-0.2, -0.15) is 0 Å². The van der Waals surface area contributed by atoms with Crippen LogP contribution in [0.25, 0.3) is 0 Å². The predicted octanol–water partition coefficient (Wildman–Crippen LogP) is 3.01. The minimum atomic E-state index is 0.0368. The largest absolute Gasteiger partial charge is 0.378 e. The van der Waals surface area contributed by atoms with Gasteiger partial charge in [0.15, 0.2) is 0 Å². The molecule has 0 aromatic heterocycles. The molecule has 5 heteroatoms. The molecule has 3 rings (SSSR count). The lowest BCUT2D eigenvalue weighted by molar-refractivity contribution is -0.0419. The smallest absolute Gasteiger partial charge is 0.255 e. The molecule has 2 aliphatic rings. The zero-order valence-corrected chi connectivity index (χ0v) is 14.4. The number of hydrogen-bond donors (Lipinski definition) is 1. The molecule has 2 N–H and O–H groups in total. The highest BCUT2D eigenvalue weighted by atomic mass is 35.5. The van der Waals surface area contributed by atoms with E-state index in [9.17, 15) is 4.79 Å². The van der Waals surface area contributed by atoms with Gasteiger partial charge in [-0.05, 0) is 56.2 Å². The van der Waals surface area contributed by atoms with Gasteiger partial charge in [-0.25, -0.2) is 0 Å². The maximum atomic E-state index is 12.7. The summed E-state index contributed by atoms with van der Waals surface area (Å²) in [6.45, 7) is 4.27. The molecule has 0 bridgehead atoms. The Labute approximate surface area is 142 Å². The number of piperidine rings is 1. The number of carbonyl (C=O) groups excluding carboxylic acids is 1. The number of amides is 1. The average molecular weight is 337 g/mol. The van der Waals surface area contributed by atoms with Crippen LogP contribution < -0.4 is 5.73 Å². The minimum absolute atomic E-state index is 0.0368. The maximum absolute atomic E-state index is 12.7. The first-order valence-electron chi connectivity index (χ1n) is 8.47. The highest BCUT2D eigenvalue weighted by Crippen LogP contribution is 2.29. The van der Waals surface area contributed by atoms with E-state index in [0.717, 1.165) is 50.9 Å². The zero-order valence-electron chi connectivity index (χ0n) is 13.6. The topological polar surface area (TPSA) is 55.6 Å². The first-order chi connectivity index (χ1) is 11.0. The van der Waals surface area contributed by atoms with Crippen LogP contribution >= 0.6 is 11.6 Å². The molecule has 0 radical (unpaired) electrons. The second kappa shape index (κ2) is 7.20. The summed E-state index contributed by atoms with van der Waals surface area (Å²) in [6, 6.07) is 5.87. The van der Waals surface area contributed by atoms with Crippen LogP contribution in [-0.4, -0.2) is 42.6 Å². The summed E-state index contributed by atoms with van der Waals surface area (Å²) in [7, 11) is 0. The van der Waals surface area contributed by atoms with Gasteiger partial charge in [0.25, 0.3) is 5.91 Å². The van der Waals surface area contributed by atoms with Gasteiger partial charge in [-0.1, -0.05) is 17.7 Å². The van der Waals surface area contributed by atoms with E-state index in [2.05, 4.69) is 0 Å². The molecule has 1 amide bonds. The van der Waals surface area contributed by atoms with Gasteiger partial charge in [0.2, 0.25) is 0 Å². The van der Waals surface area contributed by atoms with E-state index in [1.54, 1.807) is 0 Å². The summed E-state index contributed by atoms with van der Waals surface area (Å²) in [6.07, 6.45) is 4.13. The number of likely N-dealkylation sites (tertiary alicyclic amines) is 1. The van der Waals surface area contributed by atoms with E-state index >= 15 is 0 Å². The lowest BCUT2D eigenvalue weighted by Gasteiger charge is -2.38. The molecule has 2 saturated heterocycles. The van der Waals surface area contributed by atoms with Gasteiger partial charge in [0.05, 0.1) is 16.7 Å². The molecule has 2 unspecified atom stereocenters. The van der Waals surface area contributed by atoms with Crippen molar-refractivity contribution in [2.75, 3.05) is 19.7 Å². The molecule has 1 aromatic carbocycles. The van der Waals surface area contributed by atoms with Crippen LogP contribution in [-0.2, 0) is 4.74 Å². The Hall–Kier alpha value is -1.10. The molecule has 23 heavy (non-hydrogen) atoms. The van der Waals surface area contributed by atoms with Crippen molar-refractivity contribution in [3.8, 4) is 0 Å². The molecular formula is C18H25ClN2O2. The third-order valence-electron chi connectivity index (χ3n) is 5.06. The van der Waals surface area contributed by atoms with Crippen LogP contribution in [0.5, 0.6) is 0 Å². The lowest BCUT2D eigenvalue weighted by atomic mass is 9.86. The van der Waals surface area contributed by atoms with Crippen LogP contribution in [0.15, 0.2) is 18.2 Å². The minimum Gasteiger partial charge on any atom is -0.378 e. The fourth-order valence-electron chi connectivity index (χ4n) is 3.62. The Balaban J connectivity index is 1.59. The monoisotopic (exact) mass is 336 g/mol. The molecule has 2 atom stereocenters. The van der Waals surface area contributed by atoms with E-state index in [1.807, 2.05) is 30.0 Å². The van der Waals surface area contributed by atoms with E-state index in [4.69, 9.17) is 22.1 Å². The second-order valence-corrected chi connectivity index (χ2v) is 7.21. The lowest BCUT2D eigenvalue weighted by Crippen LogP contribution is -2.45. The van der Waals surface area contributed by atoms with Crippen molar-refractivity contribution < 1.29 is 9.53 Å². The van der Waals surface area contributed by atoms with Crippen LogP contribution in [0.2, 0.25) is 5.02 Å². The fourth-order valence-corrected chi connectivity index (χ4v) is 3.94. The molecule has 0 aliphatic carbocycles. The number of rotatable bonds is 2. The number of benzene rings is 1.